The number of rotatable bonds is 5. The molecular formula is C58H41N. The average molecular weight is 752 g/mol. The highest BCUT2D eigenvalue weighted by atomic mass is 15.1. The minimum Gasteiger partial charge on any atom is -0.310 e. The zero-order valence-corrected chi connectivity index (χ0v) is 33.2. The van der Waals surface area contributed by atoms with Crippen molar-refractivity contribution < 1.29 is 0 Å². The Hall–Kier alpha value is -7.22. The predicted octanol–water partition coefficient (Wildman–Crippen LogP) is 15.1. The van der Waals surface area contributed by atoms with Crippen molar-refractivity contribution in [3.63, 3.8) is 0 Å². The van der Waals surface area contributed by atoms with Crippen LogP contribution in [0.1, 0.15) is 47.2 Å². The van der Waals surface area contributed by atoms with Crippen LogP contribution in [0.15, 0.2) is 212 Å². The molecule has 9 aromatic rings. The van der Waals surface area contributed by atoms with Gasteiger partial charge in [0.15, 0.2) is 0 Å². The fourth-order valence-corrected chi connectivity index (χ4v) is 11.0. The van der Waals surface area contributed by atoms with Crippen molar-refractivity contribution in [2.75, 3.05) is 4.90 Å². The average Bonchev–Trinajstić information content (AvgIpc) is 3.85. The van der Waals surface area contributed by atoms with E-state index in [1.807, 2.05) is 0 Å². The lowest BCUT2D eigenvalue weighted by molar-refractivity contribution is 0.660. The zero-order chi connectivity index (χ0) is 39.3. The van der Waals surface area contributed by atoms with Crippen molar-refractivity contribution in [3.8, 4) is 55.6 Å². The lowest BCUT2D eigenvalue weighted by atomic mass is 9.70. The standard InChI is InChI=1S/C58H41N/c1-57(2)50-27-13-8-22-43(50)47-34-32-39(36-54(47)57)59(56-31-17-12-26-49(56)42-21-7-6-20-41(42)38-18-4-3-5-19-38)40-33-35-48-46-25-11-16-30-53(46)58(55(48)37-40)51-28-14-9-23-44(51)45-24-10-15-29-52(45)58/h3-37H,1-2H3. The van der Waals surface area contributed by atoms with E-state index in [1.54, 1.807) is 0 Å². The van der Waals surface area contributed by atoms with Crippen molar-refractivity contribution >= 4 is 17.1 Å². The molecule has 0 saturated carbocycles. The molecule has 0 amide bonds. The quantitative estimate of drug-likeness (QED) is 0.169. The van der Waals surface area contributed by atoms with E-state index >= 15 is 0 Å². The highest BCUT2D eigenvalue weighted by molar-refractivity contribution is 5.99. The Bertz CT molecular complexity index is 3090. The molecule has 0 aromatic heterocycles. The summed E-state index contributed by atoms with van der Waals surface area (Å²) in [4.78, 5) is 2.53. The van der Waals surface area contributed by atoms with Crippen LogP contribution in [0.2, 0.25) is 0 Å². The molecule has 12 rings (SSSR count). The Labute approximate surface area is 346 Å². The van der Waals surface area contributed by atoms with E-state index in [4.69, 9.17) is 0 Å². The first-order valence-corrected chi connectivity index (χ1v) is 20.8. The molecule has 3 aliphatic rings. The van der Waals surface area contributed by atoms with Crippen LogP contribution >= 0.6 is 0 Å². The Morgan fingerprint density at radius 3 is 1.25 bits per heavy atom. The first kappa shape index (κ1) is 33.9. The van der Waals surface area contributed by atoms with Gasteiger partial charge >= 0.3 is 0 Å². The summed E-state index contributed by atoms with van der Waals surface area (Å²) in [7, 11) is 0. The largest absolute Gasteiger partial charge is 0.310 e. The molecule has 0 atom stereocenters. The predicted molar refractivity (Wildman–Crippen MR) is 246 cm³/mol. The van der Waals surface area contributed by atoms with E-state index in [9.17, 15) is 0 Å². The maximum atomic E-state index is 2.53. The molecule has 1 spiro atoms. The summed E-state index contributed by atoms with van der Waals surface area (Å²) in [6.07, 6.45) is 0. The van der Waals surface area contributed by atoms with Crippen LogP contribution < -0.4 is 4.90 Å². The molecule has 0 heterocycles. The Morgan fingerprint density at radius 2 is 0.678 bits per heavy atom. The van der Waals surface area contributed by atoms with Gasteiger partial charge in [-0.05, 0) is 114 Å². The fourth-order valence-electron chi connectivity index (χ4n) is 11.0. The first-order valence-electron chi connectivity index (χ1n) is 20.8. The molecular weight excluding hydrogens is 711 g/mol. The normalized spacial score (nSPS) is 14.2. The van der Waals surface area contributed by atoms with Gasteiger partial charge in [-0.1, -0.05) is 196 Å². The molecule has 0 bridgehead atoms. The van der Waals surface area contributed by atoms with Crippen molar-refractivity contribution in [1.82, 2.24) is 0 Å². The molecule has 0 unspecified atom stereocenters. The molecule has 0 radical (unpaired) electrons. The third-order valence-electron chi connectivity index (χ3n) is 13.5. The summed E-state index contributed by atoms with van der Waals surface area (Å²) in [6, 6.07) is 79.2. The lowest BCUT2D eigenvalue weighted by Crippen LogP contribution is -2.26. The summed E-state index contributed by atoms with van der Waals surface area (Å²) >= 11 is 0. The molecule has 0 aliphatic heterocycles. The number of anilines is 3. The molecule has 1 heteroatoms. The van der Waals surface area contributed by atoms with Crippen LogP contribution in [-0.4, -0.2) is 0 Å². The van der Waals surface area contributed by atoms with Crippen LogP contribution in [0, 0.1) is 0 Å². The third kappa shape index (κ3) is 4.67. The second-order valence-electron chi connectivity index (χ2n) is 16.8. The third-order valence-corrected chi connectivity index (χ3v) is 13.5. The first-order chi connectivity index (χ1) is 29.0. The van der Waals surface area contributed by atoms with Crippen LogP contribution in [0.3, 0.4) is 0 Å². The molecule has 0 N–H and O–H groups in total. The van der Waals surface area contributed by atoms with Gasteiger partial charge in [-0.2, -0.15) is 0 Å². The van der Waals surface area contributed by atoms with E-state index in [-0.39, 0.29) is 5.41 Å². The van der Waals surface area contributed by atoms with Crippen LogP contribution in [-0.2, 0) is 10.8 Å². The second kappa shape index (κ2) is 12.6. The number of nitrogens with zero attached hydrogens (tertiary/aromatic N) is 1. The monoisotopic (exact) mass is 751 g/mol. The van der Waals surface area contributed by atoms with Crippen LogP contribution in [0.4, 0.5) is 17.1 Å². The Morgan fingerprint density at radius 1 is 0.288 bits per heavy atom. The van der Waals surface area contributed by atoms with E-state index < -0.39 is 5.41 Å². The van der Waals surface area contributed by atoms with Gasteiger partial charge in [-0.15, -0.1) is 0 Å². The second-order valence-corrected chi connectivity index (χ2v) is 16.8. The summed E-state index contributed by atoms with van der Waals surface area (Å²) in [5, 5.41) is 0. The summed E-state index contributed by atoms with van der Waals surface area (Å²) < 4.78 is 0. The van der Waals surface area contributed by atoms with Crippen molar-refractivity contribution in [2.45, 2.75) is 24.7 Å². The minimum absolute atomic E-state index is 0.145. The van der Waals surface area contributed by atoms with E-state index in [2.05, 4.69) is 231 Å². The van der Waals surface area contributed by atoms with Gasteiger partial charge in [0, 0.05) is 22.4 Å². The van der Waals surface area contributed by atoms with Gasteiger partial charge in [0.25, 0.3) is 0 Å². The van der Waals surface area contributed by atoms with E-state index in [0.717, 1.165) is 17.1 Å². The van der Waals surface area contributed by atoms with Gasteiger partial charge in [0.2, 0.25) is 0 Å². The molecule has 278 valence electrons. The molecule has 9 aromatic carbocycles. The maximum Gasteiger partial charge on any atom is 0.0726 e. The Kier molecular flexibility index (Phi) is 7.26. The number of benzene rings is 9. The van der Waals surface area contributed by atoms with Gasteiger partial charge in [-0.3, -0.25) is 0 Å². The van der Waals surface area contributed by atoms with Gasteiger partial charge in [0.1, 0.15) is 0 Å². The summed E-state index contributed by atoms with van der Waals surface area (Å²) in [5.74, 6) is 0. The topological polar surface area (TPSA) is 3.24 Å². The molecule has 59 heavy (non-hydrogen) atoms. The molecule has 1 nitrogen and oxygen atoms in total. The fraction of sp³-hybridized carbons (Fsp3) is 0.0690. The number of para-hydroxylation sites is 1. The molecule has 0 saturated heterocycles. The van der Waals surface area contributed by atoms with Crippen LogP contribution in [0.5, 0.6) is 0 Å². The highest BCUT2D eigenvalue weighted by Gasteiger charge is 2.51. The lowest BCUT2D eigenvalue weighted by Gasteiger charge is -2.33. The molecule has 0 fully saturated rings. The summed E-state index contributed by atoms with van der Waals surface area (Å²) in [5.41, 5.74) is 23.6. The van der Waals surface area contributed by atoms with Gasteiger partial charge in [-0.25, -0.2) is 0 Å². The molecule has 3 aliphatic carbocycles. The van der Waals surface area contributed by atoms with E-state index in [0.29, 0.717) is 0 Å². The smallest absolute Gasteiger partial charge is 0.0726 e. The number of hydrogen-bond acceptors (Lipinski definition) is 1. The number of fused-ring (bicyclic) bond motifs is 13. The van der Waals surface area contributed by atoms with Gasteiger partial charge in [0.05, 0.1) is 11.1 Å². The van der Waals surface area contributed by atoms with Crippen molar-refractivity contribution in [2.24, 2.45) is 0 Å². The minimum atomic E-state index is -0.443. The van der Waals surface area contributed by atoms with Crippen molar-refractivity contribution in [1.29, 1.82) is 0 Å². The van der Waals surface area contributed by atoms with E-state index in [1.165, 1.54) is 89.0 Å². The van der Waals surface area contributed by atoms with Gasteiger partial charge < -0.3 is 4.90 Å². The van der Waals surface area contributed by atoms with Crippen molar-refractivity contribution in [3.05, 3.63) is 246 Å². The SMILES string of the molecule is CC1(C)c2ccccc2-c2ccc(N(c3ccc4c(c3)C3(c5ccccc5-c5ccccc53)c3ccccc3-4)c3ccccc3-c3ccccc3-c3ccccc3)cc21. The number of hydrogen-bond donors (Lipinski definition) is 0. The maximum absolute atomic E-state index is 2.53. The Balaban J connectivity index is 1.14. The summed E-state index contributed by atoms with van der Waals surface area (Å²) in [6.45, 7) is 4.75. The highest BCUT2D eigenvalue weighted by Crippen LogP contribution is 2.63. The zero-order valence-electron chi connectivity index (χ0n) is 33.2. The van der Waals surface area contributed by atoms with Crippen LogP contribution in [0.25, 0.3) is 55.6 Å².